The van der Waals surface area contributed by atoms with Crippen LogP contribution in [0.15, 0.2) is 40.7 Å². The van der Waals surface area contributed by atoms with E-state index >= 15 is 0 Å². The number of para-hydroxylation sites is 1. The molecular weight excluding hydrogens is 511 g/mol. The van der Waals surface area contributed by atoms with Gasteiger partial charge < -0.3 is 20.3 Å². The number of guanidine groups is 1. The number of ether oxygens (including phenoxy) is 1. The van der Waals surface area contributed by atoms with E-state index in [0.29, 0.717) is 25.5 Å². The molecule has 0 saturated heterocycles. The Morgan fingerprint density at radius 3 is 2.87 bits per heavy atom. The van der Waals surface area contributed by atoms with E-state index in [0.717, 1.165) is 30.8 Å². The van der Waals surface area contributed by atoms with E-state index in [9.17, 15) is 4.79 Å². The van der Waals surface area contributed by atoms with Gasteiger partial charge in [0.1, 0.15) is 11.9 Å². The molecule has 3 rings (SSSR count). The fourth-order valence-electron chi connectivity index (χ4n) is 3.32. The first kappa shape index (κ1) is 24.5. The molecule has 0 bridgehead atoms. The number of carbonyl (C=O) groups is 1. The molecule has 1 aromatic heterocycles. The van der Waals surface area contributed by atoms with E-state index in [4.69, 9.17) is 4.74 Å². The van der Waals surface area contributed by atoms with E-state index in [1.165, 1.54) is 10.4 Å². The van der Waals surface area contributed by atoms with Crippen molar-refractivity contribution >= 4 is 47.2 Å². The van der Waals surface area contributed by atoms with Crippen LogP contribution in [0.1, 0.15) is 29.3 Å². The number of carbonyl (C=O) groups excluding carboxylic acids is 1. The molecule has 6 nitrogen and oxygen atoms in total. The predicted octanol–water partition coefficient (Wildman–Crippen LogP) is 3.58. The molecule has 2 heterocycles. The zero-order chi connectivity index (χ0) is 20.6. The van der Waals surface area contributed by atoms with Crippen molar-refractivity contribution in [1.82, 2.24) is 15.5 Å². The number of aryl methyl sites for hydroxylation is 1. The van der Waals surface area contributed by atoms with Crippen LogP contribution in [0.2, 0.25) is 0 Å². The molecule has 1 aromatic carbocycles. The smallest absolute Gasteiger partial charge is 0.224 e. The molecule has 0 aliphatic carbocycles. The number of nitrogens with zero attached hydrogens (tertiary/aromatic N) is 2. The van der Waals surface area contributed by atoms with Crippen molar-refractivity contribution in [2.75, 3.05) is 26.7 Å². The average molecular weight is 542 g/mol. The predicted molar refractivity (Wildman–Crippen MR) is 134 cm³/mol. The lowest BCUT2D eigenvalue weighted by Gasteiger charge is -2.27. The molecule has 2 N–H and O–H groups in total. The Labute approximate surface area is 200 Å². The molecule has 2 aromatic rings. The number of nitrogens with one attached hydrogen (secondary N) is 2. The number of hydrogen-bond acceptors (Lipinski definition) is 4. The van der Waals surface area contributed by atoms with Crippen LogP contribution >= 0.6 is 35.3 Å². The van der Waals surface area contributed by atoms with Gasteiger partial charge in [-0.1, -0.05) is 18.2 Å². The number of hydrogen-bond donors (Lipinski definition) is 2. The standard InChI is InChI=1S/C22H30N4O2S.HI/c1-16-6-4-5-7-19(16)28-17(2)14-25-22(23-3)24-11-8-21(27)26-12-9-20-18(15-26)10-13-29-20;/h4-7,10,13,17H,8-9,11-12,14-15H2,1-3H3,(H2,23,24,25);1H. The Bertz CT molecular complexity index is 855. The van der Waals surface area contributed by atoms with Gasteiger partial charge in [0.25, 0.3) is 0 Å². The maximum absolute atomic E-state index is 12.5. The second-order valence-electron chi connectivity index (χ2n) is 7.26. The highest BCUT2D eigenvalue weighted by molar-refractivity contribution is 14.0. The Morgan fingerprint density at radius 2 is 2.10 bits per heavy atom. The van der Waals surface area contributed by atoms with E-state index in [1.807, 2.05) is 43.0 Å². The minimum Gasteiger partial charge on any atom is -0.489 e. The number of halogens is 1. The molecule has 1 amide bonds. The van der Waals surface area contributed by atoms with Crippen molar-refractivity contribution < 1.29 is 9.53 Å². The quantitative estimate of drug-likeness (QED) is 0.319. The van der Waals surface area contributed by atoms with Crippen molar-refractivity contribution in [1.29, 1.82) is 0 Å². The summed E-state index contributed by atoms with van der Waals surface area (Å²) in [6.07, 6.45) is 1.41. The van der Waals surface area contributed by atoms with Crippen LogP contribution in [0.3, 0.4) is 0 Å². The van der Waals surface area contributed by atoms with Crippen LogP contribution < -0.4 is 15.4 Å². The van der Waals surface area contributed by atoms with Gasteiger partial charge in [-0.2, -0.15) is 0 Å². The number of amides is 1. The van der Waals surface area contributed by atoms with Gasteiger partial charge in [-0.3, -0.25) is 9.79 Å². The summed E-state index contributed by atoms with van der Waals surface area (Å²) in [4.78, 5) is 20.1. The van der Waals surface area contributed by atoms with Crippen LogP contribution in [-0.4, -0.2) is 49.6 Å². The van der Waals surface area contributed by atoms with E-state index < -0.39 is 0 Å². The fraction of sp³-hybridized carbons (Fsp3) is 0.455. The van der Waals surface area contributed by atoms with Crippen molar-refractivity contribution in [2.45, 2.75) is 39.3 Å². The highest BCUT2D eigenvalue weighted by atomic mass is 127. The minimum absolute atomic E-state index is 0. The summed E-state index contributed by atoms with van der Waals surface area (Å²) < 4.78 is 5.98. The number of thiophene rings is 1. The summed E-state index contributed by atoms with van der Waals surface area (Å²) in [6, 6.07) is 10.1. The summed E-state index contributed by atoms with van der Waals surface area (Å²) in [6.45, 7) is 6.78. The molecule has 164 valence electrons. The number of benzene rings is 1. The molecular formula is C22H31IN4O2S. The normalized spacial score (nSPS) is 14.4. The summed E-state index contributed by atoms with van der Waals surface area (Å²) in [7, 11) is 1.73. The molecule has 1 aliphatic heterocycles. The highest BCUT2D eigenvalue weighted by Gasteiger charge is 2.21. The molecule has 1 aliphatic rings. The molecule has 0 fully saturated rings. The topological polar surface area (TPSA) is 66.0 Å². The average Bonchev–Trinajstić information content (AvgIpc) is 3.20. The van der Waals surface area contributed by atoms with Crippen molar-refractivity contribution in [2.24, 2.45) is 4.99 Å². The summed E-state index contributed by atoms with van der Waals surface area (Å²) >= 11 is 1.79. The summed E-state index contributed by atoms with van der Waals surface area (Å²) in [5.74, 6) is 1.75. The Balaban J connectivity index is 0.00000320. The molecule has 0 spiro atoms. The van der Waals surface area contributed by atoms with Crippen LogP contribution in [0.5, 0.6) is 5.75 Å². The lowest BCUT2D eigenvalue weighted by atomic mass is 10.1. The van der Waals surface area contributed by atoms with E-state index in [-0.39, 0.29) is 36.0 Å². The number of rotatable bonds is 7. The van der Waals surface area contributed by atoms with E-state index in [1.54, 1.807) is 18.4 Å². The summed E-state index contributed by atoms with van der Waals surface area (Å²) in [5, 5.41) is 8.59. The largest absolute Gasteiger partial charge is 0.489 e. The molecule has 1 unspecified atom stereocenters. The van der Waals surface area contributed by atoms with Crippen LogP contribution in [0.25, 0.3) is 0 Å². The third-order valence-electron chi connectivity index (χ3n) is 4.99. The number of aliphatic imine (C=N–C) groups is 1. The van der Waals surface area contributed by atoms with E-state index in [2.05, 4.69) is 27.1 Å². The SMILES string of the molecule is CN=C(NCCC(=O)N1CCc2sccc2C1)NCC(C)Oc1ccccc1C.I. The van der Waals surface area contributed by atoms with Gasteiger partial charge in [0.2, 0.25) is 5.91 Å². The van der Waals surface area contributed by atoms with Crippen LogP contribution in [-0.2, 0) is 17.8 Å². The van der Waals surface area contributed by atoms with Gasteiger partial charge in [-0.15, -0.1) is 35.3 Å². The maximum atomic E-state index is 12.5. The Hall–Kier alpha value is -1.81. The molecule has 1 atom stereocenters. The Kier molecular flexibility index (Phi) is 9.90. The first-order valence-electron chi connectivity index (χ1n) is 10.1. The van der Waals surface area contributed by atoms with Crippen molar-refractivity contribution in [3.05, 3.63) is 51.7 Å². The second-order valence-corrected chi connectivity index (χ2v) is 8.26. The first-order valence-corrected chi connectivity index (χ1v) is 10.9. The van der Waals surface area contributed by atoms with Crippen LogP contribution in [0, 0.1) is 6.92 Å². The van der Waals surface area contributed by atoms with Gasteiger partial charge in [-0.25, -0.2) is 0 Å². The highest BCUT2D eigenvalue weighted by Crippen LogP contribution is 2.24. The lowest BCUT2D eigenvalue weighted by molar-refractivity contribution is -0.131. The zero-order valence-electron chi connectivity index (χ0n) is 17.8. The Morgan fingerprint density at radius 1 is 1.30 bits per heavy atom. The maximum Gasteiger partial charge on any atom is 0.224 e. The van der Waals surface area contributed by atoms with Crippen molar-refractivity contribution in [3.63, 3.8) is 0 Å². The molecule has 30 heavy (non-hydrogen) atoms. The monoisotopic (exact) mass is 542 g/mol. The second kappa shape index (κ2) is 12.1. The van der Waals surface area contributed by atoms with Gasteiger partial charge >= 0.3 is 0 Å². The van der Waals surface area contributed by atoms with Gasteiger partial charge in [0.05, 0.1) is 6.54 Å². The summed E-state index contributed by atoms with van der Waals surface area (Å²) in [5.41, 5.74) is 2.41. The van der Waals surface area contributed by atoms with Crippen LogP contribution in [0.4, 0.5) is 0 Å². The van der Waals surface area contributed by atoms with Crippen molar-refractivity contribution in [3.8, 4) is 5.75 Å². The fourth-order valence-corrected chi connectivity index (χ4v) is 4.21. The lowest BCUT2D eigenvalue weighted by Crippen LogP contribution is -2.43. The first-order chi connectivity index (χ1) is 14.1. The van der Waals surface area contributed by atoms with Gasteiger partial charge in [-0.05, 0) is 48.9 Å². The third-order valence-corrected chi connectivity index (χ3v) is 6.02. The van der Waals surface area contributed by atoms with Gasteiger partial charge in [0, 0.05) is 38.0 Å². The minimum atomic E-state index is -0.00978. The number of fused-ring (bicyclic) bond motifs is 1. The zero-order valence-corrected chi connectivity index (χ0v) is 21.0. The van der Waals surface area contributed by atoms with Gasteiger partial charge in [0.15, 0.2) is 5.96 Å². The third kappa shape index (κ3) is 6.87. The molecule has 8 heteroatoms. The molecule has 0 radical (unpaired) electrons. The molecule has 0 saturated carbocycles.